The molecule has 0 fully saturated rings. The number of halogens is 2. The molecule has 0 bridgehead atoms. The maximum atomic E-state index is 13.6. The minimum absolute atomic E-state index is 0.194. The van der Waals surface area contributed by atoms with Crippen molar-refractivity contribution in [2.75, 3.05) is 11.4 Å². The van der Waals surface area contributed by atoms with E-state index in [-0.39, 0.29) is 5.82 Å². The second-order valence-electron chi connectivity index (χ2n) is 5.53. The summed E-state index contributed by atoms with van der Waals surface area (Å²) in [6, 6.07) is 13.8. The van der Waals surface area contributed by atoms with Crippen LogP contribution in [0, 0.1) is 11.7 Å². The Balaban J connectivity index is 1.93. The number of benzene rings is 2. The van der Waals surface area contributed by atoms with Crippen molar-refractivity contribution in [3.8, 4) is 0 Å². The van der Waals surface area contributed by atoms with Gasteiger partial charge in [-0.2, -0.15) is 0 Å². The molecule has 20 heavy (non-hydrogen) atoms. The number of hydrogen-bond donors (Lipinski definition) is 0. The van der Waals surface area contributed by atoms with E-state index in [1.807, 2.05) is 6.07 Å². The van der Waals surface area contributed by atoms with Gasteiger partial charge in [0.1, 0.15) is 5.82 Å². The predicted molar refractivity (Wildman–Crippen MR) is 84.5 cm³/mol. The summed E-state index contributed by atoms with van der Waals surface area (Å²) in [7, 11) is 0. The Morgan fingerprint density at radius 3 is 2.85 bits per heavy atom. The van der Waals surface area contributed by atoms with Crippen LogP contribution in [0.1, 0.15) is 18.1 Å². The van der Waals surface area contributed by atoms with Crippen LogP contribution in [0.5, 0.6) is 0 Å². The summed E-state index contributed by atoms with van der Waals surface area (Å²) in [5.74, 6) is 0.429. The highest BCUT2D eigenvalue weighted by Crippen LogP contribution is 2.32. The first-order valence-corrected chi connectivity index (χ1v) is 7.70. The van der Waals surface area contributed by atoms with Gasteiger partial charge in [-0.05, 0) is 51.5 Å². The first-order chi connectivity index (χ1) is 9.65. The lowest BCUT2D eigenvalue weighted by Crippen LogP contribution is -2.33. The van der Waals surface area contributed by atoms with Gasteiger partial charge in [0.05, 0.1) is 4.47 Å². The van der Waals surface area contributed by atoms with Crippen LogP contribution in [0.25, 0.3) is 0 Å². The van der Waals surface area contributed by atoms with Gasteiger partial charge >= 0.3 is 0 Å². The number of para-hydroxylation sites is 1. The lowest BCUT2D eigenvalue weighted by Gasteiger charge is -2.35. The molecule has 1 heterocycles. The van der Waals surface area contributed by atoms with Gasteiger partial charge < -0.3 is 4.90 Å². The van der Waals surface area contributed by atoms with Crippen molar-refractivity contribution in [2.24, 2.45) is 5.92 Å². The lowest BCUT2D eigenvalue weighted by molar-refractivity contribution is 0.529. The van der Waals surface area contributed by atoms with E-state index in [9.17, 15) is 4.39 Å². The highest BCUT2D eigenvalue weighted by atomic mass is 79.9. The summed E-state index contributed by atoms with van der Waals surface area (Å²) in [5, 5.41) is 0. The van der Waals surface area contributed by atoms with Crippen molar-refractivity contribution >= 4 is 21.6 Å². The van der Waals surface area contributed by atoms with Gasteiger partial charge in [-0.15, -0.1) is 0 Å². The van der Waals surface area contributed by atoms with E-state index in [0.717, 1.165) is 25.1 Å². The van der Waals surface area contributed by atoms with E-state index < -0.39 is 0 Å². The van der Waals surface area contributed by atoms with Crippen LogP contribution >= 0.6 is 15.9 Å². The van der Waals surface area contributed by atoms with Crippen molar-refractivity contribution in [1.29, 1.82) is 0 Å². The highest BCUT2D eigenvalue weighted by molar-refractivity contribution is 9.10. The molecule has 1 unspecified atom stereocenters. The lowest BCUT2D eigenvalue weighted by atomic mass is 9.93. The second kappa shape index (κ2) is 5.57. The van der Waals surface area contributed by atoms with Gasteiger partial charge in [0, 0.05) is 18.8 Å². The van der Waals surface area contributed by atoms with E-state index >= 15 is 0 Å². The van der Waals surface area contributed by atoms with Crippen molar-refractivity contribution in [1.82, 2.24) is 0 Å². The number of fused-ring (bicyclic) bond motifs is 1. The zero-order valence-corrected chi connectivity index (χ0v) is 13.0. The fraction of sp³-hybridized carbons (Fsp3) is 0.294. The molecular formula is C17H17BrFN. The SMILES string of the molecule is CC1Cc2ccccc2N(Cc2cccc(F)c2Br)C1. The summed E-state index contributed by atoms with van der Waals surface area (Å²) in [5.41, 5.74) is 3.66. The molecule has 0 aliphatic carbocycles. The minimum atomic E-state index is -0.194. The predicted octanol–water partition coefficient (Wildman–Crippen LogP) is 4.79. The molecule has 2 aromatic rings. The highest BCUT2D eigenvalue weighted by Gasteiger charge is 2.22. The second-order valence-corrected chi connectivity index (χ2v) is 6.32. The normalized spacial score (nSPS) is 17.9. The van der Waals surface area contributed by atoms with Gasteiger partial charge in [-0.25, -0.2) is 4.39 Å². The van der Waals surface area contributed by atoms with Crippen molar-refractivity contribution in [3.63, 3.8) is 0 Å². The maximum Gasteiger partial charge on any atom is 0.137 e. The van der Waals surface area contributed by atoms with Gasteiger partial charge in [0.15, 0.2) is 0 Å². The average Bonchev–Trinajstić information content (AvgIpc) is 2.43. The molecule has 0 radical (unpaired) electrons. The van der Waals surface area contributed by atoms with Crippen LogP contribution in [0.3, 0.4) is 0 Å². The van der Waals surface area contributed by atoms with Crippen LogP contribution < -0.4 is 4.90 Å². The first-order valence-electron chi connectivity index (χ1n) is 6.91. The maximum absolute atomic E-state index is 13.6. The smallest absolute Gasteiger partial charge is 0.137 e. The summed E-state index contributed by atoms with van der Waals surface area (Å²) in [4.78, 5) is 2.35. The monoisotopic (exact) mass is 333 g/mol. The number of nitrogens with zero attached hydrogens (tertiary/aromatic N) is 1. The molecule has 1 atom stereocenters. The molecule has 3 heteroatoms. The average molecular weight is 334 g/mol. The van der Waals surface area contributed by atoms with E-state index in [0.29, 0.717) is 10.4 Å². The molecule has 1 aliphatic heterocycles. The van der Waals surface area contributed by atoms with E-state index in [4.69, 9.17) is 0 Å². The molecular weight excluding hydrogens is 317 g/mol. The van der Waals surface area contributed by atoms with Gasteiger partial charge in [-0.3, -0.25) is 0 Å². The number of anilines is 1. The molecule has 1 aliphatic rings. The molecule has 0 spiro atoms. The summed E-state index contributed by atoms with van der Waals surface area (Å²) < 4.78 is 14.2. The van der Waals surface area contributed by atoms with Gasteiger partial charge in [0.2, 0.25) is 0 Å². The number of hydrogen-bond acceptors (Lipinski definition) is 1. The summed E-state index contributed by atoms with van der Waals surface area (Å²) in [6.45, 7) is 4.02. The Labute approximate surface area is 127 Å². The topological polar surface area (TPSA) is 3.24 Å². The third-order valence-corrected chi connectivity index (χ3v) is 4.71. The van der Waals surface area contributed by atoms with Gasteiger partial charge in [0.25, 0.3) is 0 Å². The van der Waals surface area contributed by atoms with Crippen LogP contribution in [0.15, 0.2) is 46.9 Å². The Kier molecular flexibility index (Phi) is 3.79. The molecule has 0 amide bonds. The largest absolute Gasteiger partial charge is 0.367 e. The molecule has 0 saturated heterocycles. The zero-order valence-electron chi connectivity index (χ0n) is 11.4. The molecule has 0 saturated carbocycles. The first kappa shape index (κ1) is 13.6. The number of rotatable bonds is 2. The van der Waals surface area contributed by atoms with E-state index in [1.54, 1.807) is 6.07 Å². The Morgan fingerprint density at radius 1 is 1.20 bits per heavy atom. The standard InChI is InChI=1S/C17H17BrFN/c1-12-9-13-5-2-3-8-16(13)20(10-12)11-14-6-4-7-15(19)17(14)18/h2-8,12H,9-11H2,1H3. The fourth-order valence-corrected chi connectivity index (χ4v) is 3.32. The summed E-state index contributed by atoms with van der Waals surface area (Å²) in [6.07, 6.45) is 1.12. The van der Waals surface area contributed by atoms with Gasteiger partial charge in [-0.1, -0.05) is 37.3 Å². The Bertz CT molecular complexity index is 626. The Morgan fingerprint density at radius 2 is 2.00 bits per heavy atom. The molecule has 104 valence electrons. The molecule has 0 N–H and O–H groups in total. The van der Waals surface area contributed by atoms with E-state index in [1.165, 1.54) is 17.3 Å². The van der Waals surface area contributed by atoms with Crippen LogP contribution in [0.4, 0.5) is 10.1 Å². The fourth-order valence-electron chi connectivity index (χ4n) is 2.93. The summed E-state index contributed by atoms with van der Waals surface area (Å²) >= 11 is 3.36. The molecule has 1 nitrogen and oxygen atoms in total. The van der Waals surface area contributed by atoms with E-state index in [2.05, 4.69) is 52.0 Å². The van der Waals surface area contributed by atoms with Crippen molar-refractivity contribution < 1.29 is 4.39 Å². The third kappa shape index (κ3) is 2.59. The zero-order chi connectivity index (χ0) is 14.1. The Hall–Kier alpha value is -1.35. The van der Waals surface area contributed by atoms with Crippen LogP contribution in [-0.2, 0) is 13.0 Å². The quantitative estimate of drug-likeness (QED) is 0.763. The molecule has 3 rings (SSSR count). The van der Waals surface area contributed by atoms with Crippen molar-refractivity contribution in [3.05, 3.63) is 63.9 Å². The molecule has 2 aromatic carbocycles. The third-order valence-electron chi connectivity index (χ3n) is 3.83. The minimum Gasteiger partial charge on any atom is -0.367 e. The van der Waals surface area contributed by atoms with Crippen molar-refractivity contribution in [2.45, 2.75) is 19.9 Å². The van der Waals surface area contributed by atoms with Crippen LogP contribution in [0.2, 0.25) is 0 Å². The molecule has 0 aromatic heterocycles. The van der Waals surface area contributed by atoms with Crippen LogP contribution in [-0.4, -0.2) is 6.54 Å².